The fourth-order valence-corrected chi connectivity index (χ4v) is 1.41. The quantitative estimate of drug-likeness (QED) is 0.599. The lowest BCUT2D eigenvalue weighted by Crippen LogP contribution is -1.93. The van der Waals surface area contributed by atoms with Crippen molar-refractivity contribution in [2.24, 2.45) is 7.05 Å². The molecule has 1 rings (SSSR count). The van der Waals surface area contributed by atoms with Gasteiger partial charge in [0.2, 0.25) is 0 Å². The molecule has 5 heteroatoms. The third kappa shape index (κ3) is 1.15. The Hall–Kier alpha value is -1.46. The summed E-state index contributed by atoms with van der Waals surface area (Å²) in [5, 5.41) is 17.9. The number of nitrogens with zero attached hydrogens (tertiary/aromatic N) is 4. The molecular formula is C7H6N4S. The Balaban J connectivity index is 3.38. The molecule has 0 radical (unpaired) electrons. The van der Waals surface area contributed by atoms with E-state index in [1.54, 1.807) is 11.6 Å². The minimum Gasteiger partial charge on any atom is -0.313 e. The molecule has 0 spiro atoms. The summed E-state index contributed by atoms with van der Waals surface area (Å²) in [4.78, 5) is 3.96. The van der Waals surface area contributed by atoms with Gasteiger partial charge in [-0.3, -0.25) is 0 Å². The summed E-state index contributed by atoms with van der Waals surface area (Å²) in [6.45, 7) is 0. The van der Waals surface area contributed by atoms with Gasteiger partial charge in [-0.15, -0.1) is 0 Å². The maximum Gasteiger partial charge on any atom is 0.178 e. The standard InChI is InChI=1S/C7H6N4S/c1-11-6(4-9)5(3-8)10-7(11)12-2/h1-2H3. The SMILES string of the molecule is CSc1nc(C#N)c(C#N)n1C. The number of thioether (sulfide) groups is 1. The van der Waals surface area contributed by atoms with Crippen LogP contribution in [0.3, 0.4) is 0 Å². The van der Waals surface area contributed by atoms with Gasteiger partial charge < -0.3 is 4.57 Å². The average Bonchev–Trinajstić information content (AvgIpc) is 2.41. The Bertz CT molecular complexity index is 379. The van der Waals surface area contributed by atoms with Crippen LogP contribution < -0.4 is 0 Å². The number of hydrogen-bond donors (Lipinski definition) is 0. The van der Waals surface area contributed by atoms with E-state index in [1.165, 1.54) is 11.8 Å². The summed E-state index contributed by atoms with van der Waals surface area (Å²) in [7, 11) is 1.72. The van der Waals surface area contributed by atoms with Crippen LogP contribution in [0.4, 0.5) is 0 Å². The first kappa shape index (κ1) is 8.63. The van der Waals surface area contributed by atoms with Crippen molar-refractivity contribution >= 4 is 11.8 Å². The van der Waals surface area contributed by atoms with Crippen molar-refractivity contribution in [3.8, 4) is 12.1 Å². The average molecular weight is 178 g/mol. The van der Waals surface area contributed by atoms with Crippen LogP contribution >= 0.6 is 11.8 Å². The fraction of sp³-hybridized carbons (Fsp3) is 0.286. The van der Waals surface area contributed by atoms with E-state index in [4.69, 9.17) is 10.5 Å². The Kier molecular flexibility index (Phi) is 2.37. The predicted molar refractivity (Wildman–Crippen MR) is 44.4 cm³/mol. The molecule has 0 atom stereocenters. The molecule has 60 valence electrons. The molecule has 1 aromatic rings. The molecule has 12 heavy (non-hydrogen) atoms. The van der Waals surface area contributed by atoms with Gasteiger partial charge in [0.05, 0.1) is 0 Å². The van der Waals surface area contributed by atoms with E-state index in [9.17, 15) is 0 Å². The smallest absolute Gasteiger partial charge is 0.178 e. The van der Waals surface area contributed by atoms with Gasteiger partial charge in [-0.1, -0.05) is 11.8 Å². The summed E-state index contributed by atoms with van der Waals surface area (Å²) < 4.78 is 1.61. The molecule has 0 aliphatic carbocycles. The monoisotopic (exact) mass is 178 g/mol. The highest BCUT2D eigenvalue weighted by atomic mass is 32.2. The molecule has 0 aliphatic heterocycles. The van der Waals surface area contributed by atoms with Crippen molar-refractivity contribution in [2.45, 2.75) is 5.16 Å². The molecule has 0 bridgehead atoms. The summed E-state index contributed by atoms with van der Waals surface area (Å²) in [5.41, 5.74) is 0.520. The third-order valence-electron chi connectivity index (χ3n) is 1.45. The zero-order chi connectivity index (χ0) is 9.14. The number of rotatable bonds is 1. The van der Waals surface area contributed by atoms with Crippen LogP contribution in [-0.4, -0.2) is 15.8 Å². The second-order valence-corrected chi connectivity index (χ2v) is 2.85. The van der Waals surface area contributed by atoms with Gasteiger partial charge in [0.25, 0.3) is 0 Å². The Labute approximate surface area is 74.4 Å². The Morgan fingerprint density at radius 2 is 2.08 bits per heavy atom. The molecule has 0 aromatic carbocycles. The van der Waals surface area contributed by atoms with Crippen molar-refractivity contribution in [3.63, 3.8) is 0 Å². The molecule has 1 aromatic heterocycles. The molecule has 0 unspecified atom stereocenters. The van der Waals surface area contributed by atoms with E-state index in [0.29, 0.717) is 10.9 Å². The van der Waals surface area contributed by atoms with E-state index < -0.39 is 0 Å². The van der Waals surface area contributed by atoms with Crippen molar-refractivity contribution in [1.29, 1.82) is 10.5 Å². The van der Waals surface area contributed by atoms with Crippen LogP contribution in [0, 0.1) is 22.7 Å². The molecular weight excluding hydrogens is 172 g/mol. The summed E-state index contributed by atoms with van der Waals surface area (Å²) in [5.74, 6) is 0. The summed E-state index contributed by atoms with van der Waals surface area (Å²) in [6.07, 6.45) is 1.85. The lowest BCUT2D eigenvalue weighted by Gasteiger charge is -1.94. The van der Waals surface area contributed by atoms with E-state index in [-0.39, 0.29) is 5.69 Å². The molecule has 0 saturated heterocycles. The van der Waals surface area contributed by atoms with Crippen LogP contribution in [0.2, 0.25) is 0 Å². The Morgan fingerprint density at radius 1 is 1.42 bits per heavy atom. The highest BCUT2D eigenvalue weighted by Gasteiger charge is 2.12. The zero-order valence-corrected chi connectivity index (χ0v) is 7.51. The second kappa shape index (κ2) is 3.29. The topological polar surface area (TPSA) is 65.4 Å². The van der Waals surface area contributed by atoms with Crippen LogP contribution in [0.1, 0.15) is 11.4 Å². The molecule has 1 heterocycles. The van der Waals surface area contributed by atoms with Gasteiger partial charge in [-0.2, -0.15) is 10.5 Å². The first-order valence-electron chi connectivity index (χ1n) is 3.15. The minimum atomic E-state index is 0.198. The zero-order valence-electron chi connectivity index (χ0n) is 6.70. The molecule has 0 N–H and O–H groups in total. The summed E-state index contributed by atoms with van der Waals surface area (Å²) >= 11 is 1.41. The van der Waals surface area contributed by atoms with Crippen molar-refractivity contribution in [2.75, 3.05) is 6.26 Å². The number of imidazole rings is 1. The van der Waals surface area contributed by atoms with E-state index >= 15 is 0 Å². The molecule has 0 aliphatic rings. The van der Waals surface area contributed by atoms with Crippen LogP contribution in [0.15, 0.2) is 5.16 Å². The normalized spacial score (nSPS) is 9.00. The number of aromatic nitrogens is 2. The van der Waals surface area contributed by atoms with Gasteiger partial charge in [0.15, 0.2) is 16.5 Å². The van der Waals surface area contributed by atoms with Crippen LogP contribution in [-0.2, 0) is 7.05 Å². The summed E-state index contributed by atoms with van der Waals surface area (Å²) in [6, 6.07) is 3.81. The molecule has 0 amide bonds. The van der Waals surface area contributed by atoms with E-state index in [1.807, 2.05) is 18.4 Å². The van der Waals surface area contributed by atoms with Crippen LogP contribution in [0.25, 0.3) is 0 Å². The van der Waals surface area contributed by atoms with Gasteiger partial charge in [-0.05, 0) is 6.26 Å². The lowest BCUT2D eigenvalue weighted by atomic mass is 10.4. The largest absolute Gasteiger partial charge is 0.313 e. The minimum absolute atomic E-state index is 0.198. The molecule has 4 nitrogen and oxygen atoms in total. The predicted octanol–water partition coefficient (Wildman–Crippen LogP) is 0.885. The van der Waals surface area contributed by atoms with E-state index in [0.717, 1.165) is 0 Å². The van der Waals surface area contributed by atoms with Crippen molar-refractivity contribution in [3.05, 3.63) is 11.4 Å². The van der Waals surface area contributed by atoms with Crippen molar-refractivity contribution < 1.29 is 0 Å². The highest BCUT2D eigenvalue weighted by molar-refractivity contribution is 7.98. The van der Waals surface area contributed by atoms with Crippen LogP contribution in [0.5, 0.6) is 0 Å². The Morgan fingerprint density at radius 3 is 2.42 bits per heavy atom. The van der Waals surface area contributed by atoms with Gasteiger partial charge in [0.1, 0.15) is 12.1 Å². The van der Waals surface area contributed by atoms with Gasteiger partial charge in [0, 0.05) is 7.05 Å². The maximum absolute atomic E-state index is 8.67. The maximum atomic E-state index is 8.67. The molecule has 0 fully saturated rings. The number of hydrogen-bond acceptors (Lipinski definition) is 4. The van der Waals surface area contributed by atoms with Crippen molar-refractivity contribution in [1.82, 2.24) is 9.55 Å². The number of nitriles is 2. The van der Waals surface area contributed by atoms with Gasteiger partial charge >= 0.3 is 0 Å². The van der Waals surface area contributed by atoms with Gasteiger partial charge in [-0.25, -0.2) is 4.98 Å². The fourth-order valence-electron chi connectivity index (χ4n) is 0.867. The second-order valence-electron chi connectivity index (χ2n) is 2.08. The molecule has 0 saturated carbocycles. The van der Waals surface area contributed by atoms with E-state index in [2.05, 4.69) is 4.98 Å². The third-order valence-corrected chi connectivity index (χ3v) is 2.18. The lowest BCUT2D eigenvalue weighted by molar-refractivity contribution is 0.781. The first-order valence-corrected chi connectivity index (χ1v) is 4.38. The highest BCUT2D eigenvalue weighted by Crippen LogP contribution is 2.16. The first-order chi connectivity index (χ1) is 5.74.